The average molecular weight is 382 g/mol. The van der Waals surface area contributed by atoms with Crippen LogP contribution in [-0.2, 0) is 9.59 Å². The zero-order valence-electron chi connectivity index (χ0n) is 15.2. The molecule has 0 saturated heterocycles. The van der Waals surface area contributed by atoms with Gasteiger partial charge in [0.15, 0.2) is 0 Å². The molecule has 0 radical (unpaired) electrons. The summed E-state index contributed by atoms with van der Waals surface area (Å²) in [5.41, 5.74) is 2.20. The summed E-state index contributed by atoms with van der Waals surface area (Å²) < 4.78 is 0. The highest BCUT2D eigenvalue weighted by Gasteiger charge is 2.27. The van der Waals surface area contributed by atoms with Crippen LogP contribution < -0.4 is 10.2 Å². The van der Waals surface area contributed by atoms with E-state index in [1.807, 2.05) is 41.8 Å². The molecule has 0 spiro atoms. The van der Waals surface area contributed by atoms with Crippen LogP contribution in [0, 0.1) is 0 Å². The highest BCUT2D eigenvalue weighted by atomic mass is 32.1. The molecule has 6 heteroatoms. The number of hydrogen-bond donors (Lipinski definition) is 1. The van der Waals surface area contributed by atoms with Crippen LogP contribution in [0.2, 0.25) is 0 Å². The number of thiophene rings is 1. The molecule has 1 fully saturated rings. The van der Waals surface area contributed by atoms with Gasteiger partial charge < -0.3 is 10.2 Å². The van der Waals surface area contributed by atoms with Crippen LogP contribution in [-0.4, -0.2) is 30.1 Å². The standard InChI is InChI=1S/C21H23N3O2S/c25-20(22-15-7-2-1-3-8-15)14-24-18-10-5-4-9-16(18)23-17(13-21(24)26)19-11-6-12-27-19/h4-6,9-12,15H,1-3,7-8,13-14H2,(H,22,25). The van der Waals surface area contributed by atoms with Gasteiger partial charge in [0.2, 0.25) is 11.8 Å². The van der Waals surface area contributed by atoms with E-state index >= 15 is 0 Å². The maximum Gasteiger partial charge on any atom is 0.240 e. The molecule has 2 aromatic rings. The first kappa shape index (κ1) is 17.9. The minimum atomic E-state index is -0.0929. The fourth-order valence-corrected chi connectivity index (χ4v) is 4.48. The quantitative estimate of drug-likeness (QED) is 0.868. The predicted octanol–water partition coefficient (Wildman–Crippen LogP) is 4.05. The third-order valence-corrected chi connectivity index (χ3v) is 6.04. The number of carbonyl (C=O) groups excluding carboxylic acids is 2. The maximum atomic E-state index is 13.0. The van der Waals surface area contributed by atoms with Crippen LogP contribution in [0.4, 0.5) is 11.4 Å². The molecule has 1 aromatic carbocycles. The number of rotatable bonds is 4. The Morgan fingerprint density at radius 2 is 1.96 bits per heavy atom. The van der Waals surface area contributed by atoms with Crippen molar-refractivity contribution in [2.75, 3.05) is 11.4 Å². The molecule has 0 atom stereocenters. The number of benzene rings is 1. The lowest BCUT2D eigenvalue weighted by molar-refractivity contribution is -0.124. The second-order valence-corrected chi connectivity index (χ2v) is 8.03. The molecule has 2 aliphatic rings. The second-order valence-electron chi connectivity index (χ2n) is 7.08. The number of para-hydroxylation sites is 2. The Morgan fingerprint density at radius 3 is 2.74 bits per heavy atom. The van der Waals surface area contributed by atoms with E-state index in [1.54, 1.807) is 16.2 Å². The number of anilines is 1. The molecular weight excluding hydrogens is 358 g/mol. The Balaban J connectivity index is 1.55. The Hall–Kier alpha value is -2.47. The van der Waals surface area contributed by atoms with E-state index in [-0.39, 0.29) is 30.8 Å². The van der Waals surface area contributed by atoms with Crippen molar-refractivity contribution < 1.29 is 9.59 Å². The molecule has 1 aromatic heterocycles. The molecule has 1 N–H and O–H groups in total. The topological polar surface area (TPSA) is 61.8 Å². The molecule has 4 rings (SSSR count). The van der Waals surface area contributed by atoms with Gasteiger partial charge in [0.25, 0.3) is 0 Å². The number of hydrogen-bond acceptors (Lipinski definition) is 4. The van der Waals surface area contributed by atoms with Gasteiger partial charge in [-0.2, -0.15) is 0 Å². The van der Waals surface area contributed by atoms with E-state index in [0.717, 1.165) is 42.0 Å². The van der Waals surface area contributed by atoms with Crippen molar-refractivity contribution in [1.82, 2.24) is 5.32 Å². The Morgan fingerprint density at radius 1 is 1.15 bits per heavy atom. The first-order valence-electron chi connectivity index (χ1n) is 9.51. The summed E-state index contributed by atoms with van der Waals surface area (Å²) in [5.74, 6) is -0.185. The molecule has 5 nitrogen and oxygen atoms in total. The van der Waals surface area contributed by atoms with Gasteiger partial charge in [-0.15, -0.1) is 11.3 Å². The van der Waals surface area contributed by atoms with Crippen molar-refractivity contribution in [3.8, 4) is 0 Å². The van der Waals surface area contributed by atoms with Gasteiger partial charge in [0, 0.05) is 10.9 Å². The molecule has 2 amide bonds. The third kappa shape index (κ3) is 4.11. The van der Waals surface area contributed by atoms with Gasteiger partial charge in [0.05, 0.1) is 23.5 Å². The van der Waals surface area contributed by atoms with Crippen LogP contribution in [0.25, 0.3) is 0 Å². The predicted molar refractivity (Wildman–Crippen MR) is 109 cm³/mol. The van der Waals surface area contributed by atoms with Crippen LogP contribution in [0.1, 0.15) is 43.4 Å². The summed E-state index contributed by atoms with van der Waals surface area (Å²) >= 11 is 1.57. The fourth-order valence-electron chi connectivity index (χ4n) is 3.77. The molecular formula is C21H23N3O2S. The van der Waals surface area contributed by atoms with Crippen LogP contribution in [0.3, 0.4) is 0 Å². The smallest absolute Gasteiger partial charge is 0.240 e. The van der Waals surface area contributed by atoms with Crippen molar-refractivity contribution in [3.63, 3.8) is 0 Å². The van der Waals surface area contributed by atoms with Crippen molar-refractivity contribution in [3.05, 3.63) is 46.7 Å². The average Bonchev–Trinajstić information content (AvgIpc) is 3.17. The lowest BCUT2D eigenvalue weighted by Gasteiger charge is -2.26. The lowest BCUT2D eigenvalue weighted by atomic mass is 9.95. The minimum absolute atomic E-state index is 0.0413. The zero-order valence-corrected chi connectivity index (χ0v) is 16.0. The van der Waals surface area contributed by atoms with E-state index in [4.69, 9.17) is 4.99 Å². The Kier molecular flexibility index (Phi) is 5.34. The minimum Gasteiger partial charge on any atom is -0.352 e. The third-order valence-electron chi connectivity index (χ3n) is 5.13. The fraction of sp³-hybridized carbons (Fsp3) is 0.381. The van der Waals surface area contributed by atoms with E-state index in [0.29, 0.717) is 5.69 Å². The molecule has 0 bridgehead atoms. The lowest BCUT2D eigenvalue weighted by Crippen LogP contribution is -2.45. The number of amides is 2. The van der Waals surface area contributed by atoms with Gasteiger partial charge >= 0.3 is 0 Å². The molecule has 27 heavy (non-hydrogen) atoms. The summed E-state index contributed by atoms with van der Waals surface area (Å²) in [6, 6.07) is 11.7. The summed E-state index contributed by atoms with van der Waals surface area (Å²) in [6.45, 7) is 0.0413. The largest absolute Gasteiger partial charge is 0.352 e. The molecule has 1 saturated carbocycles. The monoisotopic (exact) mass is 381 g/mol. The van der Waals surface area contributed by atoms with Crippen molar-refractivity contribution in [2.24, 2.45) is 4.99 Å². The van der Waals surface area contributed by atoms with Crippen molar-refractivity contribution in [2.45, 2.75) is 44.6 Å². The summed E-state index contributed by atoms with van der Waals surface area (Å²) in [5, 5.41) is 5.09. The molecule has 2 heterocycles. The first-order chi connectivity index (χ1) is 13.2. The van der Waals surface area contributed by atoms with Crippen LogP contribution in [0.15, 0.2) is 46.8 Å². The SMILES string of the molecule is O=C(CN1C(=O)CC(c2cccs2)=Nc2ccccc21)NC1CCCCC1. The van der Waals surface area contributed by atoms with E-state index in [9.17, 15) is 9.59 Å². The van der Waals surface area contributed by atoms with Crippen LogP contribution in [0.5, 0.6) is 0 Å². The van der Waals surface area contributed by atoms with Gasteiger partial charge in [-0.3, -0.25) is 9.59 Å². The van der Waals surface area contributed by atoms with Gasteiger partial charge in [0.1, 0.15) is 6.54 Å². The number of nitrogens with one attached hydrogen (secondary N) is 1. The van der Waals surface area contributed by atoms with Crippen molar-refractivity contribution in [1.29, 1.82) is 0 Å². The number of fused-ring (bicyclic) bond motifs is 1. The summed E-state index contributed by atoms with van der Waals surface area (Å²) in [7, 11) is 0. The zero-order chi connectivity index (χ0) is 18.6. The van der Waals surface area contributed by atoms with Crippen molar-refractivity contribution >= 4 is 40.2 Å². The van der Waals surface area contributed by atoms with E-state index in [1.165, 1.54) is 6.42 Å². The van der Waals surface area contributed by atoms with Gasteiger partial charge in [-0.05, 0) is 36.4 Å². The maximum absolute atomic E-state index is 13.0. The van der Waals surface area contributed by atoms with E-state index < -0.39 is 0 Å². The normalized spacial score (nSPS) is 17.9. The highest BCUT2D eigenvalue weighted by Crippen LogP contribution is 2.33. The molecule has 140 valence electrons. The first-order valence-corrected chi connectivity index (χ1v) is 10.4. The molecule has 1 aliphatic heterocycles. The highest BCUT2D eigenvalue weighted by molar-refractivity contribution is 7.12. The van der Waals surface area contributed by atoms with Gasteiger partial charge in [-0.25, -0.2) is 4.99 Å². The van der Waals surface area contributed by atoms with Gasteiger partial charge in [-0.1, -0.05) is 37.5 Å². The number of carbonyl (C=O) groups is 2. The Bertz CT molecular complexity index is 854. The second kappa shape index (κ2) is 8.05. The Labute approximate surface area is 163 Å². The van der Waals surface area contributed by atoms with Crippen LogP contribution >= 0.6 is 11.3 Å². The molecule has 0 unspecified atom stereocenters. The molecule has 1 aliphatic carbocycles. The van der Waals surface area contributed by atoms with E-state index in [2.05, 4.69) is 5.32 Å². The number of aliphatic imine (C=N–C) groups is 1. The summed E-state index contributed by atoms with van der Waals surface area (Å²) in [4.78, 5) is 32.9. The summed E-state index contributed by atoms with van der Waals surface area (Å²) in [6.07, 6.45) is 5.83. The number of nitrogens with zero attached hydrogens (tertiary/aromatic N) is 2.